The first-order chi connectivity index (χ1) is 20.0. The molecule has 226 valence electrons. The molecule has 2 aliphatic heterocycles. The summed E-state index contributed by atoms with van der Waals surface area (Å²) in [5, 5.41) is 11.1. The minimum absolute atomic E-state index is 0.0962. The number of hydrogen-bond acceptors (Lipinski definition) is 6. The van der Waals surface area contributed by atoms with Crippen molar-refractivity contribution in [1.82, 2.24) is 4.72 Å². The summed E-state index contributed by atoms with van der Waals surface area (Å²) in [6.45, 7) is 7.36. The van der Waals surface area contributed by atoms with Crippen LogP contribution in [0.2, 0.25) is 5.02 Å². The third kappa shape index (κ3) is 5.35. The zero-order chi connectivity index (χ0) is 29.8. The van der Waals surface area contributed by atoms with Gasteiger partial charge in [0.1, 0.15) is 5.75 Å². The molecule has 2 aromatic carbocycles. The third-order valence-electron chi connectivity index (χ3n) is 10.6. The maximum Gasteiger partial charge on any atom is 0.264 e. The largest absolute Gasteiger partial charge is 0.490 e. The molecule has 2 heterocycles. The minimum Gasteiger partial charge on any atom is -0.490 e. The number of ether oxygens (including phenoxy) is 1. The Bertz CT molecular complexity index is 1510. The van der Waals surface area contributed by atoms with Crippen molar-refractivity contribution in [2.24, 2.45) is 23.7 Å². The van der Waals surface area contributed by atoms with Crippen LogP contribution in [0.15, 0.2) is 48.6 Å². The predicted molar refractivity (Wildman–Crippen MR) is 166 cm³/mol. The first kappa shape index (κ1) is 29.5. The average Bonchev–Trinajstić information content (AvgIpc) is 3.09. The van der Waals surface area contributed by atoms with E-state index in [2.05, 4.69) is 21.8 Å². The van der Waals surface area contributed by atoms with Crippen molar-refractivity contribution in [2.75, 3.05) is 24.6 Å². The van der Waals surface area contributed by atoms with Gasteiger partial charge in [0.15, 0.2) is 0 Å². The Morgan fingerprint density at radius 2 is 1.90 bits per heavy atom. The fourth-order valence-electron chi connectivity index (χ4n) is 7.41. The van der Waals surface area contributed by atoms with Crippen molar-refractivity contribution in [3.63, 3.8) is 0 Å². The molecule has 2 N–H and O–H groups in total. The highest BCUT2D eigenvalue weighted by Crippen LogP contribution is 2.46. The number of aliphatic hydroxyl groups excluding tert-OH is 1. The average molecular weight is 613 g/mol. The summed E-state index contributed by atoms with van der Waals surface area (Å²) in [5.74, 6) is 0.0790. The van der Waals surface area contributed by atoms with Crippen molar-refractivity contribution in [2.45, 2.75) is 69.6 Å². The molecule has 4 aliphatic rings. The Labute approximate surface area is 254 Å². The van der Waals surface area contributed by atoms with E-state index < -0.39 is 27.3 Å². The molecule has 7 nitrogen and oxygen atoms in total. The van der Waals surface area contributed by atoms with Gasteiger partial charge in [-0.1, -0.05) is 43.7 Å². The molecule has 1 spiro atoms. The Balaban J connectivity index is 1.43. The number of carbonyl (C=O) groups excluding carboxylic acids is 1. The molecular weight excluding hydrogens is 572 g/mol. The minimum atomic E-state index is -3.94. The molecule has 1 fully saturated rings. The second kappa shape index (κ2) is 11.2. The number of sulfonamides is 1. The maximum absolute atomic E-state index is 13.4. The van der Waals surface area contributed by atoms with Crippen molar-refractivity contribution in [3.8, 4) is 5.75 Å². The molecule has 42 heavy (non-hydrogen) atoms. The van der Waals surface area contributed by atoms with Crippen LogP contribution in [-0.2, 0) is 21.9 Å². The monoisotopic (exact) mass is 612 g/mol. The van der Waals surface area contributed by atoms with Gasteiger partial charge >= 0.3 is 0 Å². The van der Waals surface area contributed by atoms with Crippen molar-refractivity contribution in [3.05, 3.63) is 70.3 Å². The number of aliphatic hydroxyl groups is 1. The van der Waals surface area contributed by atoms with Crippen molar-refractivity contribution < 1.29 is 23.1 Å². The first-order valence-corrected chi connectivity index (χ1v) is 17.1. The molecule has 1 amide bonds. The van der Waals surface area contributed by atoms with Gasteiger partial charge in [0.2, 0.25) is 10.0 Å². The third-order valence-corrected chi connectivity index (χ3v) is 12.7. The van der Waals surface area contributed by atoms with Gasteiger partial charge in [-0.3, -0.25) is 4.79 Å². The number of amides is 1. The number of halogens is 1. The molecule has 2 aromatic rings. The predicted octanol–water partition coefficient (Wildman–Crippen LogP) is 5.49. The van der Waals surface area contributed by atoms with E-state index in [0.29, 0.717) is 25.4 Å². The van der Waals surface area contributed by atoms with Crippen LogP contribution in [0.25, 0.3) is 0 Å². The number of carbonyl (C=O) groups is 1. The smallest absolute Gasteiger partial charge is 0.264 e. The fraction of sp³-hybridized carbons (Fsp3) is 0.545. The Morgan fingerprint density at radius 3 is 2.67 bits per heavy atom. The zero-order valence-corrected chi connectivity index (χ0v) is 26.1. The highest BCUT2D eigenvalue weighted by Gasteiger charge is 2.44. The quantitative estimate of drug-likeness (QED) is 0.382. The highest BCUT2D eigenvalue weighted by atomic mass is 35.5. The summed E-state index contributed by atoms with van der Waals surface area (Å²) >= 11 is 6.39. The van der Waals surface area contributed by atoms with Crippen LogP contribution in [0, 0.1) is 23.7 Å². The molecule has 1 unspecified atom stereocenters. The topological polar surface area (TPSA) is 95.9 Å². The molecule has 1 saturated carbocycles. The van der Waals surface area contributed by atoms with Gasteiger partial charge in [-0.05, 0) is 104 Å². The molecule has 0 aromatic heterocycles. The number of benzene rings is 2. The number of nitrogens with zero attached hydrogens (tertiary/aromatic N) is 1. The van der Waals surface area contributed by atoms with Gasteiger partial charge in [-0.2, -0.15) is 0 Å². The summed E-state index contributed by atoms with van der Waals surface area (Å²) in [5.41, 5.74) is 3.32. The van der Waals surface area contributed by atoms with E-state index in [1.54, 1.807) is 25.1 Å². The number of rotatable bonds is 0. The number of nitrogens with one attached hydrogen (secondary N) is 1. The molecule has 0 radical (unpaired) electrons. The Hall–Kier alpha value is -2.55. The molecule has 2 bridgehead atoms. The van der Waals surface area contributed by atoms with Crippen LogP contribution in [0.4, 0.5) is 5.69 Å². The second-order valence-electron chi connectivity index (χ2n) is 13.1. The SMILES string of the molecule is C[C@@H]1[C@@H](C)S(=O)(=O)NC(=O)c2ccc3c(c2)N(CC2CC[C@H]2[C@@H](O)/C=C/[C@@H]1C)C[C@@]1(CCCc2cc(Cl)ccc21)CO3. The standard InChI is InChI=1S/C33H41ClN2O5S/c1-20-6-12-30(37)27-10-7-25(27)17-36-18-33(14-4-5-23-15-26(34)9-11-28(23)33)19-41-31-13-8-24(16-29(31)36)32(38)35-42(39,40)22(3)21(20)2/h6,8-9,11-13,15-16,20-22,25,27,30,37H,4-5,7,10,14,17-19H2,1-3H3,(H,35,38)/b12-6+/t20-,21-,22+,25?,27+,30-,33-/m0/s1. The van der Waals surface area contributed by atoms with Crippen molar-refractivity contribution in [1.29, 1.82) is 0 Å². The van der Waals surface area contributed by atoms with Gasteiger partial charge in [-0.25, -0.2) is 13.1 Å². The van der Waals surface area contributed by atoms with Crippen LogP contribution >= 0.6 is 11.6 Å². The van der Waals surface area contributed by atoms with Gasteiger partial charge in [0.05, 0.1) is 23.6 Å². The van der Waals surface area contributed by atoms with Crippen molar-refractivity contribution >= 4 is 33.2 Å². The van der Waals surface area contributed by atoms with Gasteiger partial charge < -0.3 is 14.7 Å². The molecule has 9 heteroatoms. The first-order valence-electron chi connectivity index (χ1n) is 15.2. The Morgan fingerprint density at radius 1 is 1.10 bits per heavy atom. The lowest BCUT2D eigenvalue weighted by atomic mass is 9.68. The summed E-state index contributed by atoms with van der Waals surface area (Å²) in [6.07, 6.45) is 8.11. The summed E-state index contributed by atoms with van der Waals surface area (Å²) in [7, 11) is -3.94. The molecule has 7 atom stereocenters. The van der Waals surface area contributed by atoms with E-state index in [1.807, 2.05) is 32.1 Å². The molecule has 6 rings (SSSR count). The molecule has 0 saturated heterocycles. The van der Waals surface area contributed by atoms with E-state index in [4.69, 9.17) is 16.3 Å². The second-order valence-corrected chi connectivity index (χ2v) is 15.5. The van der Waals surface area contributed by atoms with E-state index in [-0.39, 0.29) is 34.7 Å². The van der Waals surface area contributed by atoms with Crippen LogP contribution < -0.4 is 14.4 Å². The van der Waals surface area contributed by atoms with E-state index in [0.717, 1.165) is 42.8 Å². The summed E-state index contributed by atoms with van der Waals surface area (Å²) in [4.78, 5) is 15.7. The van der Waals surface area contributed by atoms with Crippen LogP contribution in [0.5, 0.6) is 5.75 Å². The number of fused-ring (bicyclic) bond motifs is 4. The van der Waals surface area contributed by atoms with E-state index >= 15 is 0 Å². The lowest BCUT2D eigenvalue weighted by Gasteiger charge is -2.45. The van der Waals surface area contributed by atoms with Crippen LogP contribution in [0.3, 0.4) is 0 Å². The van der Waals surface area contributed by atoms with E-state index in [9.17, 15) is 18.3 Å². The molecular formula is C33H41ClN2O5S. The van der Waals surface area contributed by atoms with Gasteiger partial charge in [0.25, 0.3) is 5.91 Å². The maximum atomic E-state index is 13.4. The number of hydrogen-bond donors (Lipinski definition) is 2. The van der Waals surface area contributed by atoms with Gasteiger partial charge in [-0.15, -0.1) is 0 Å². The summed E-state index contributed by atoms with van der Waals surface area (Å²) in [6, 6.07) is 11.4. The van der Waals surface area contributed by atoms with Crippen LogP contribution in [-0.4, -0.2) is 50.5 Å². The molecule has 2 aliphatic carbocycles. The number of allylic oxidation sites excluding steroid dienone is 1. The lowest BCUT2D eigenvalue weighted by molar-refractivity contribution is 0.0454. The normalized spacial score (nSPS) is 35.1. The highest BCUT2D eigenvalue weighted by molar-refractivity contribution is 7.90. The fourth-order valence-corrected chi connectivity index (χ4v) is 8.98. The zero-order valence-electron chi connectivity index (χ0n) is 24.6. The van der Waals surface area contributed by atoms with Gasteiger partial charge in [0, 0.05) is 29.1 Å². The summed E-state index contributed by atoms with van der Waals surface area (Å²) < 4.78 is 35.4. The number of aryl methyl sites for hydroxylation is 1. The lowest BCUT2D eigenvalue weighted by Crippen LogP contribution is -2.49. The van der Waals surface area contributed by atoms with Crippen LogP contribution in [0.1, 0.15) is 67.9 Å². The Kier molecular flexibility index (Phi) is 7.86. The number of anilines is 1. The van der Waals surface area contributed by atoms with E-state index in [1.165, 1.54) is 11.1 Å².